The number of fused-ring (bicyclic) bond motifs is 2. The molecule has 2 aromatic carbocycles. The fraction of sp³-hybridized carbons (Fsp3) is 0.273. The van der Waals surface area contributed by atoms with E-state index in [0.717, 1.165) is 11.8 Å². The summed E-state index contributed by atoms with van der Waals surface area (Å²) in [5, 5.41) is 0. The summed E-state index contributed by atoms with van der Waals surface area (Å²) in [5.74, 6) is -1.77. The fourth-order valence-electron chi connectivity index (χ4n) is 5.97. The number of nitrogens with two attached hydrogens (primary N) is 1. The van der Waals surface area contributed by atoms with Gasteiger partial charge in [0.2, 0.25) is 0 Å². The van der Waals surface area contributed by atoms with E-state index in [1.165, 1.54) is 28.8 Å². The number of carbonyl (C=O) groups excluding carboxylic acids is 1. The van der Waals surface area contributed by atoms with E-state index in [0.29, 0.717) is 51.5 Å². The first-order valence-corrected chi connectivity index (χ1v) is 15.5. The number of amides is 1. The Bertz CT molecular complexity index is 2000. The van der Waals surface area contributed by atoms with Crippen LogP contribution in [0.25, 0.3) is 22.2 Å². The molecule has 1 amide bonds. The molecule has 2 N–H and O–H groups in total. The summed E-state index contributed by atoms with van der Waals surface area (Å²) in [7, 11) is -1.55. The van der Waals surface area contributed by atoms with Gasteiger partial charge in [0.1, 0.15) is 11.6 Å². The summed E-state index contributed by atoms with van der Waals surface area (Å²) < 4.78 is 47.9. The van der Waals surface area contributed by atoms with Crippen molar-refractivity contribution in [3.63, 3.8) is 0 Å². The Morgan fingerprint density at radius 3 is 2.50 bits per heavy atom. The minimum absolute atomic E-state index is 0.0624. The van der Waals surface area contributed by atoms with Gasteiger partial charge in [0.05, 0.1) is 56.6 Å². The summed E-state index contributed by atoms with van der Waals surface area (Å²) in [5.41, 5.74) is 9.60. The van der Waals surface area contributed by atoms with Gasteiger partial charge in [-0.05, 0) is 66.3 Å². The summed E-state index contributed by atoms with van der Waals surface area (Å²) in [4.78, 5) is 35.4. The Hall–Kier alpha value is -4.51. The van der Waals surface area contributed by atoms with Crippen LogP contribution in [0.2, 0.25) is 0 Å². The van der Waals surface area contributed by atoms with Gasteiger partial charge in [0, 0.05) is 16.7 Å². The van der Waals surface area contributed by atoms with Crippen molar-refractivity contribution in [3.05, 3.63) is 111 Å². The SMILES string of the molecule is CC(C)Cc1nc2c(c(-c3ccc4c(c3)oc(=O)n4Cc3ccc(F)cn3)c1C(N)=O)S(=O)CC2(C)Cc1ccc(F)cc1. The van der Waals surface area contributed by atoms with E-state index in [9.17, 15) is 22.6 Å². The molecule has 0 spiro atoms. The van der Waals surface area contributed by atoms with Gasteiger partial charge < -0.3 is 10.2 Å². The maximum absolute atomic E-state index is 13.9. The van der Waals surface area contributed by atoms with E-state index in [2.05, 4.69) is 4.98 Å². The molecule has 0 saturated heterocycles. The van der Waals surface area contributed by atoms with Crippen LogP contribution in [-0.4, -0.2) is 30.4 Å². The third-order valence-electron chi connectivity index (χ3n) is 7.90. The lowest BCUT2D eigenvalue weighted by atomic mass is 9.80. The number of hydrogen-bond acceptors (Lipinski definition) is 6. The molecule has 1 aliphatic heterocycles. The molecule has 0 bridgehead atoms. The zero-order valence-corrected chi connectivity index (χ0v) is 25.2. The van der Waals surface area contributed by atoms with Gasteiger partial charge >= 0.3 is 5.76 Å². The average molecular weight is 617 g/mol. The minimum atomic E-state index is -1.55. The van der Waals surface area contributed by atoms with E-state index in [-0.39, 0.29) is 35.2 Å². The number of carbonyl (C=O) groups is 1. The number of pyridine rings is 2. The maximum Gasteiger partial charge on any atom is 0.420 e. The molecule has 4 heterocycles. The van der Waals surface area contributed by atoms with Gasteiger partial charge in [0.15, 0.2) is 5.58 Å². The summed E-state index contributed by atoms with van der Waals surface area (Å²) in [6.07, 6.45) is 1.99. The predicted molar refractivity (Wildman–Crippen MR) is 163 cm³/mol. The highest BCUT2D eigenvalue weighted by Gasteiger charge is 2.44. The number of oxazole rings is 1. The molecule has 0 fully saturated rings. The predicted octanol–water partition coefficient (Wildman–Crippen LogP) is 5.30. The molecule has 11 heteroatoms. The van der Waals surface area contributed by atoms with E-state index >= 15 is 0 Å². The Morgan fingerprint density at radius 1 is 1.11 bits per heavy atom. The highest BCUT2D eigenvalue weighted by Crippen LogP contribution is 2.46. The lowest BCUT2D eigenvalue weighted by molar-refractivity contribution is 0.0999. The second-order valence-corrected chi connectivity index (χ2v) is 13.3. The van der Waals surface area contributed by atoms with E-state index in [4.69, 9.17) is 15.1 Å². The second-order valence-electron chi connectivity index (χ2n) is 11.9. The molecule has 6 rings (SSSR count). The van der Waals surface area contributed by atoms with Crippen LogP contribution >= 0.6 is 0 Å². The highest BCUT2D eigenvalue weighted by molar-refractivity contribution is 7.85. The topological polar surface area (TPSA) is 121 Å². The zero-order chi connectivity index (χ0) is 31.3. The standard InChI is InChI=1S/C33H30F2N4O4S/c1-18(2)12-24-28(31(36)40)27(29-30(38-24)33(3,17-44(29)42)14-19-4-7-21(34)8-5-19)20-6-11-25-26(13-20)43-32(41)39(25)16-23-10-9-22(35)15-37-23/h4-11,13,15,18H,12,14,16-17H2,1-3H3,(H2,36,40). The second kappa shape index (κ2) is 11.2. The van der Waals surface area contributed by atoms with Crippen LogP contribution in [0.1, 0.15) is 53.8 Å². The quantitative estimate of drug-likeness (QED) is 0.253. The molecule has 0 saturated carbocycles. The van der Waals surface area contributed by atoms with Crippen LogP contribution in [0.4, 0.5) is 8.78 Å². The Labute approximate surface area is 254 Å². The first-order valence-electron chi connectivity index (χ1n) is 14.2. The van der Waals surface area contributed by atoms with Crippen molar-refractivity contribution >= 4 is 27.8 Å². The number of nitrogens with zero attached hydrogens (tertiary/aromatic N) is 3. The van der Waals surface area contributed by atoms with Crippen LogP contribution in [0.15, 0.2) is 74.9 Å². The van der Waals surface area contributed by atoms with Crippen molar-refractivity contribution in [1.82, 2.24) is 14.5 Å². The third kappa shape index (κ3) is 5.36. The highest BCUT2D eigenvalue weighted by atomic mass is 32.2. The molecule has 226 valence electrons. The maximum atomic E-state index is 13.9. The monoisotopic (exact) mass is 616 g/mol. The number of primary amides is 1. The molecule has 0 aliphatic carbocycles. The molecule has 8 nitrogen and oxygen atoms in total. The Balaban J connectivity index is 1.54. The Kier molecular flexibility index (Phi) is 7.53. The van der Waals surface area contributed by atoms with Gasteiger partial charge in [-0.25, -0.2) is 13.6 Å². The third-order valence-corrected chi connectivity index (χ3v) is 9.65. The minimum Gasteiger partial charge on any atom is -0.408 e. The van der Waals surface area contributed by atoms with Crippen molar-refractivity contribution in [1.29, 1.82) is 0 Å². The summed E-state index contributed by atoms with van der Waals surface area (Å²) >= 11 is 0. The van der Waals surface area contributed by atoms with E-state index in [1.54, 1.807) is 30.3 Å². The molecular formula is C33H30F2N4O4S. The first kappa shape index (κ1) is 29.6. The van der Waals surface area contributed by atoms with Crippen LogP contribution in [0, 0.1) is 17.6 Å². The van der Waals surface area contributed by atoms with Crippen molar-refractivity contribution in [2.45, 2.75) is 50.5 Å². The van der Waals surface area contributed by atoms with Crippen molar-refractivity contribution < 1.29 is 22.2 Å². The largest absolute Gasteiger partial charge is 0.420 e. The van der Waals surface area contributed by atoms with Gasteiger partial charge in [-0.1, -0.05) is 39.0 Å². The summed E-state index contributed by atoms with van der Waals surface area (Å²) in [6.45, 7) is 6.06. The van der Waals surface area contributed by atoms with E-state index in [1.807, 2.05) is 20.8 Å². The lowest BCUT2D eigenvalue weighted by Crippen LogP contribution is -2.28. The van der Waals surface area contributed by atoms with Gasteiger partial charge in [-0.3, -0.25) is 23.5 Å². The number of hydrogen-bond donors (Lipinski definition) is 1. The number of benzene rings is 2. The normalized spacial score (nSPS) is 17.8. The molecule has 44 heavy (non-hydrogen) atoms. The molecule has 5 aromatic rings. The van der Waals surface area contributed by atoms with Gasteiger partial charge in [-0.2, -0.15) is 0 Å². The van der Waals surface area contributed by atoms with Crippen LogP contribution < -0.4 is 11.5 Å². The van der Waals surface area contributed by atoms with Crippen molar-refractivity contribution in [2.24, 2.45) is 11.7 Å². The summed E-state index contributed by atoms with van der Waals surface area (Å²) in [6, 6.07) is 14.0. The Morgan fingerprint density at radius 2 is 1.84 bits per heavy atom. The smallest absolute Gasteiger partial charge is 0.408 e. The van der Waals surface area contributed by atoms with Gasteiger partial charge in [-0.15, -0.1) is 0 Å². The van der Waals surface area contributed by atoms with Crippen molar-refractivity contribution in [2.75, 3.05) is 5.75 Å². The molecular weight excluding hydrogens is 586 g/mol. The van der Waals surface area contributed by atoms with E-state index < -0.39 is 33.7 Å². The molecule has 2 atom stereocenters. The zero-order valence-electron chi connectivity index (χ0n) is 24.4. The number of halogens is 2. The van der Waals surface area contributed by atoms with Gasteiger partial charge in [0.25, 0.3) is 5.91 Å². The molecule has 1 aliphatic rings. The number of aromatic nitrogens is 3. The fourth-order valence-corrected chi connectivity index (χ4v) is 7.89. The van der Waals surface area contributed by atoms with Crippen LogP contribution in [0.3, 0.4) is 0 Å². The first-order chi connectivity index (χ1) is 20.9. The van der Waals surface area contributed by atoms with Crippen molar-refractivity contribution in [3.8, 4) is 11.1 Å². The lowest BCUT2D eigenvalue weighted by Gasteiger charge is -2.25. The van der Waals surface area contributed by atoms with Crippen LogP contribution in [0.5, 0.6) is 0 Å². The van der Waals surface area contributed by atoms with Crippen LogP contribution in [-0.2, 0) is 35.6 Å². The molecule has 0 radical (unpaired) electrons. The molecule has 2 unspecified atom stereocenters. The average Bonchev–Trinajstić information content (AvgIpc) is 3.40. The number of rotatable bonds is 8. The molecule has 3 aromatic heterocycles.